The maximum absolute atomic E-state index is 10.6. The van der Waals surface area contributed by atoms with E-state index in [-0.39, 0.29) is 17.4 Å². The van der Waals surface area contributed by atoms with Gasteiger partial charge >= 0.3 is 11.9 Å². The highest BCUT2D eigenvalue weighted by molar-refractivity contribution is 8.17. The van der Waals surface area contributed by atoms with Crippen LogP contribution < -0.4 is 0 Å². The molecule has 2 N–H and O–H groups in total. The molecule has 0 rings (SSSR count). The lowest BCUT2D eigenvalue weighted by atomic mass is 10.1. The predicted molar refractivity (Wildman–Crippen MR) is 99.0 cm³/mol. The van der Waals surface area contributed by atoms with Crippen molar-refractivity contribution in [3.63, 3.8) is 0 Å². The number of hydrogen-bond acceptors (Lipinski definition) is 4. The second-order valence-corrected chi connectivity index (χ2v) is 7.92. The summed E-state index contributed by atoms with van der Waals surface area (Å²) in [6, 6.07) is 0. The summed E-state index contributed by atoms with van der Waals surface area (Å²) >= 11 is 2.98. The van der Waals surface area contributed by atoms with E-state index in [0.29, 0.717) is 11.5 Å². The van der Waals surface area contributed by atoms with E-state index in [1.54, 1.807) is 0 Å². The second kappa shape index (κ2) is 16.1. The van der Waals surface area contributed by atoms with Gasteiger partial charge in [-0.05, 0) is 6.42 Å². The van der Waals surface area contributed by atoms with Crippen LogP contribution in [0.25, 0.3) is 0 Å². The molecule has 0 aliphatic rings. The highest BCUT2D eigenvalue weighted by atomic mass is 32.2. The zero-order valence-electron chi connectivity index (χ0n) is 13.9. The smallest absolute Gasteiger partial charge is 0.304 e. The number of aliphatic carboxylic acids is 2. The van der Waals surface area contributed by atoms with Gasteiger partial charge in [-0.15, -0.1) is 29.4 Å². The van der Waals surface area contributed by atoms with Gasteiger partial charge in [0.15, 0.2) is 0 Å². The molecule has 0 fully saturated rings. The standard InChI is InChI=1S/C17H28O4S2/c1-2-3-4-5-6-7-8-9-10-17(22-13-11-15(18)19)23-14-12-16(20)21/h17H,2-8,11-14H2,1H3,(H,18,19)(H,20,21). The molecule has 0 atom stereocenters. The fourth-order valence-electron chi connectivity index (χ4n) is 1.79. The fourth-order valence-corrected chi connectivity index (χ4v) is 4.10. The van der Waals surface area contributed by atoms with Crippen LogP contribution in [0.5, 0.6) is 0 Å². The SMILES string of the molecule is CCCCCCCCC#CC(SCCC(=O)O)SCCC(=O)O. The van der Waals surface area contributed by atoms with Crippen molar-refractivity contribution in [2.75, 3.05) is 11.5 Å². The molecule has 0 aromatic rings. The number of hydrogen-bond donors (Lipinski definition) is 2. The van der Waals surface area contributed by atoms with Crippen LogP contribution in [0.4, 0.5) is 0 Å². The monoisotopic (exact) mass is 360 g/mol. The van der Waals surface area contributed by atoms with Crippen LogP contribution in [-0.2, 0) is 9.59 Å². The van der Waals surface area contributed by atoms with Gasteiger partial charge in [-0.1, -0.05) is 44.9 Å². The summed E-state index contributed by atoms with van der Waals surface area (Å²) in [7, 11) is 0. The number of carbonyl (C=O) groups is 2. The second-order valence-electron chi connectivity index (χ2n) is 5.20. The Bertz CT molecular complexity index is 368. The highest BCUT2D eigenvalue weighted by Crippen LogP contribution is 2.24. The molecule has 0 aliphatic heterocycles. The Morgan fingerprint density at radius 2 is 1.43 bits per heavy atom. The van der Waals surface area contributed by atoms with Gasteiger partial charge in [-0.25, -0.2) is 0 Å². The average molecular weight is 361 g/mol. The van der Waals surface area contributed by atoms with Crippen molar-refractivity contribution in [3.8, 4) is 11.8 Å². The van der Waals surface area contributed by atoms with Crippen molar-refractivity contribution >= 4 is 35.5 Å². The molecule has 0 heterocycles. The van der Waals surface area contributed by atoms with Gasteiger partial charge in [0.25, 0.3) is 0 Å². The molecule has 0 aliphatic carbocycles. The summed E-state index contributed by atoms with van der Waals surface area (Å²) < 4.78 is -0.0335. The minimum Gasteiger partial charge on any atom is -0.481 e. The number of carboxylic acid groups (broad SMARTS) is 2. The molecular weight excluding hydrogens is 332 g/mol. The van der Waals surface area contributed by atoms with Crippen molar-refractivity contribution in [1.82, 2.24) is 0 Å². The minimum absolute atomic E-state index is 0.0335. The molecule has 23 heavy (non-hydrogen) atoms. The molecule has 0 aromatic heterocycles. The van der Waals surface area contributed by atoms with E-state index in [4.69, 9.17) is 10.2 Å². The van der Waals surface area contributed by atoms with E-state index >= 15 is 0 Å². The Kier molecular flexibility index (Phi) is 15.5. The first-order valence-corrected chi connectivity index (χ1v) is 10.3. The molecule has 0 radical (unpaired) electrons. The summed E-state index contributed by atoms with van der Waals surface area (Å²) in [6.07, 6.45) is 8.50. The van der Waals surface area contributed by atoms with Crippen LogP contribution in [0, 0.1) is 11.8 Å². The van der Waals surface area contributed by atoms with E-state index in [1.807, 2.05) is 0 Å². The van der Waals surface area contributed by atoms with Crippen molar-refractivity contribution in [1.29, 1.82) is 0 Å². The topological polar surface area (TPSA) is 74.6 Å². The Balaban J connectivity index is 4.00. The zero-order chi connectivity index (χ0) is 17.3. The average Bonchev–Trinajstić information content (AvgIpc) is 2.48. The van der Waals surface area contributed by atoms with Crippen LogP contribution in [-0.4, -0.2) is 38.2 Å². The number of carboxylic acids is 2. The van der Waals surface area contributed by atoms with Crippen molar-refractivity contribution in [2.24, 2.45) is 0 Å². The third-order valence-corrected chi connectivity index (χ3v) is 5.58. The highest BCUT2D eigenvalue weighted by Gasteiger charge is 2.09. The summed E-state index contributed by atoms with van der Waals surface area (Å²) in [5, 5.41) is 17.4. The molecule has 0 bridgehead atoms. The quantitative estimate of drug-likeness (QED) is 0.270. The summed E-state index contributed by atoms with van der Waals surface area (Å²) in [6.45, 7) is 2.20. The first-order valence-electron chi connectivity index (χ1n) is 8.21. The normalized spacial score (nSPS) is 10.3. The van der Waals surface area contributed by atoms with Gasteiger partial charge in [0, 0.05) is 17.9 Å². The first kappa shape index (κ1) is 22.2. The number of unbranched alkanes of at least 4 members (excludes halogenated alkanes) is 6. The van der Waals surface area contributed by atoms with E-state index < -0.39 is 11.9 Å². The van der Waals surface area contributed by atoms with Gasteiger partial charge in [-0.3, -0.25) is 9.59 Å². The molecule has 0 unspecified atom stereocenters. The van der Waals surface area contributed by atoms with Gasteiger partial charge in [-0.2, -0.15) is 0 Å². The molecular formula is C17H28O4S2. The van der Waals surface area contributed by atoms with Crippen LogP contribution in [0.15, 0.2) is 0 Å². The van der Waals surface area contributed by atoms with Crippen molar-refractivity contribution in [2.45, 2.75) is 69.3 Å². The molecule has 0 saturated heterocycles. The maximum Gasteiger partial charge on any atom is 0.304 e. The molecule has 4 nitrogen and oxygen atoms in total. The molecule has 0 amide bonds. The summed E-state index contributed by atoms with van der Waals surface area (Å²) in [5.74, 6) is 5.71. The third-order valence-electron chi connectivity index (χ3n) is 3.05. The van der Waals surface area contributed by atoms with Gasteiger partial charge < -0.3 is 10.2 Å². The Labute approximate surface area is 148 Å². The van der Waals surface area contributed by atoms with Gasteiger partial charge in [0.2, 0.25) is 0 Å². The van der Waals surface area contributed by atoms with Crippen LogP contribution >= 0.6 is 23.5 Å². The Hall–Kier alpha value is -0.800. The van der Waals surface area contributed by atoms with E-state index in [1.165, 1.54) is 55.6 Å². The van der Waals surface area contributed by atoms with E-state index in [9.17, 15) is 9.59 Å². The molecule has 6 heteroatoms. The molecule has 132 valence electrons. The van der Waals surface area contributed by atoms with Crippen LogP contribution in [0.3, 0.4) is 0 Å². The zero-order valence-corrected chi connectivity index (χ0v) is 15.5. The maximum atomic E-state index is 10.6. The van der Waals surface area contributed by atoms with Crippen LogP contribution in [0.2, 0.25) is 0 Å². The first-order chi connectivity index (χ1) is 11.1. The molecule has 0 saturated carbocycles. The van der Waals surface area contributed by atoms with Crippen LogP contribution in [0.1, 0.15) is 64.7 Å². The lowest BCUT2D eigenvalue weighted by Gasteiger charge is -2.08. The van der Waals surface area contributed by atoms with Crippen molar-refractivity contribution < 1.29 is 19.8 Å². The van der Waals surface area contributed by atoms with Gasteiger partial charge in [0.05, 0.1) is 12.8 Å². The lowest BCUT2D eigenvalue weighted by molar-refractivity contribution is -0.137. The van der Waals surface area contributed by atoms with Gasteiger partial charge in [0.1, 0.15) is 4.58 Å². The summed E-state index contributed by atoms with van der Waals surface area (Å²) in [4.78, 5) is 21.1. The van der Waals surface area contributed by atoms with Crippen molar-refractivity contribution in [3.05, 3.63) is 0 Å². The summed E-state index contributed by atoms with van der Waals surface area (Å²) in [5.41, 5.74) is 0. The molecule has 0 spiro atoms. The fraction of sp³-hybridized carbons (Fsp3) is 0.765. The number of rotatable bonds is 14. The minimum atomic E-state index is -0.813. The third kappa shape index (κ3) is 17.4. The van der Waals surface area contributed by atoms with E-state index in [0.717, 1.165) is 12.8 Å². The van der Waals surface area contributed by atoms with E-state index in [2.05, 4.69) is 18.8 Å². The molecule has 0 aromatic carbocycles. The lowest BCUT2D eigenvalue weighted by Crippen LogP contribution is -2.03. The predicted octanol–water partition coefficient (Wildman–Crippen LogP) is 4.48. The number of thioether (sulfide) groups is 2. The largest absolute Gasteiger partial charge is 0.481 e. The Morgan fingerprint density at radius 3 is 1.96 bits per heavy atom. The Morgan fingerprint density at radius 1 is 0.913 bits per heavy atom.